The van der Waals surface area contributed by atoms with Crippen LogP contribution in [0.3, 0.4) is 0 Å². The van der Waals surface area contributed by atoms with Crippen molar-refractivity contribution in [2.24, 2.45) is 11.8 Å². The number of hydrogen-bond acceptors (Lipinski definition) is 3. The van der Waals surface area contributed by atoms with Gasteiger partial charge in [0.05, 0.1) is 0 Å². The fraction of sp³-hybridized carbons (Fsp3) is 0.550. The fourth-order valence-corrected chi connectivity index (χ4v) is 4.02. The lowest BCUT2D eigenvalue weighted by Crippen LogP contribution is -2.26. The summed E-state index contributed by atoms with van der Waals surface area (Å²) in [7, 11) is 0. The highest BCUT2D eigenvalue weighted by Gasteiger charge is 2.24. The van der Waals surface area contributed by atoms with Crippen LogP contribution in [0.25, 0.3) is 11.4 Å². The third-order valence-corrected chi connectivity index (χ3v) is 5.63. The molecule has 0 unspecified atom stereocenters. The molecule has 132 valence electrons. The van der Waals surface area contributed by atoms with Crippen molar-refractivity contribution in [1.29, 1.82) is 0 Å². The number of amides is 1. The molecule has 0 spiro atoms. The van der Waals surface area contributed by atoms with Crippen LogP contribution in [0.2, 0.25) is 0 Å². The van der Waals surface area contributed by atoms with Crippen LogP contribution < -0.4 is 5.32 Å². The second kappa shape index (κ2) is 6.98. The van der Waals surface area contributed by atoms with Crippen LogP contribution in [-0.2, 0) is 17.8 Å². The lowest BCUT2D eigenvalue weighted by atomic mass is 9.82. The zero-order valence-electron chi connectivity index (χ0n) is 14.9. The summed E-state index contributed by atoms with van der Waals surface area (Å²) in [5.74, 6) is 3.06. The molecule has 2 aromatic rings. The normalized spacial score (nSPS) is 23.1. The van der Waals surface area contributed by atoms with Crippen molar-refractivity contribution in [2.75, 3.05) is 5.32 Å². The van der Waals surface area contributed by atoms with Gasteiger partial charge in [0.15, 0.2) is 5.82 Å². The van der Waals surface area contributed by atoms with E-state index in [1.165, 1.54) is 12.8 Å². The van der Waals surface area contributed by atoms with Gasteiger partial charge >= 0.3 is 0 Å². The van der Waals surface area contributed by atoms with Crippen LogP contribution in [0, 0.1) is 11.8 Å². The van der Waals surface area contributed by atoms with Gasteiger partial charge in [-0.1, -0.05) is 19.1 Å². The van der Waals surface area contributed by atoms with E-state index < -0.39 is 0 Å². The number of rotatable bonds is 3. The molecule has 1 saturated carbocycles. The van der Waals surface area contributed by atoms with Crippen molar-refractivity contribution in [3.8, 4) is 11.4 Å². The van der Waals surface area contributed by atoms with Gasteiger partial charge in [-0.2, -0.15) is 0 Å². The average Bonchev–Trinajstić information content (AvgIpc) is 3.06. The summed E-state index contributed by atoms with van der Waals surface area (Å²) >= 11 is 0. The van der Waals surface area contributed by atoms with Crippen molar-refractivity contribution in [3.05, 3.63) is 30.1 Å². The van der Waals surface area contributed by atoms with Crippen LogP contribution in [0.5, 0.6) is 0 Å². The molecular formula is C20H26N4O. The Morgan fingerprint density at radius 3 is 2.84 bits per heavy atom. The van der Waals surface area contributed by atoms with Crippen LogP contribution in [-0.4, -0.2) is 20.7 Å². The van der Waals surface area contributed by atoms with Crippen molar-refractivity contribution < 1.29 is 4.79 Å². The first-order valence-corrected chi connectivity index (χ1v) is 9.54. The van der Waals surface area contributed by atoms with E-state index >= 15 is 0 Å². The van der Waals surface area contributed by atoms with E-state index in [1.807, 2.05) is 24.3 Å². The minimum atomic E-state index is 0.153. The molecule has 1 N–H and O–H groups in total. The number of anilines is 1. The Hall–Kier alpha value is -2.17. The summed E-state index contributed by atoms with van der Waals surface area (Å²) in [6.07, 6.45) is 7.69. The predicted molar refractivity (Wildman–Crippen MR) is 98.1 cm³/mol. The molecule has 2 aliphatic rings. The van der Waals surface area contributed by atoms with Crippen LogP contribution >= 0.6 is 0 Å². The summed E-state index contributed by atoms with van der Waals surface area (Å²) in [6, 6.07) is 8.01. The molecule has 1 amide bonds. The van der Waals surface area contributed by atoms with Gasteiger partial charge in [0.2, 0.25) is 5.91 Å². The number of nitrogens with zero attached hydrogens (tertiary/aromatic N) is 3. The summed E-state index contributed by atoms with van der Waals surface area (Å²) in [6.45, 7) is 3.26. The van der Waals surface area contributed by atoms with E-state index in [0.29, 0.717) is 0 Å². The maximum absolute atomic E-state index is 12.6. The fourth-order valence-electron chi connectivity index (χ4n) is 4.02. The maximum atomic E-state index is 12.6. The highest BCUT2D eigenvalue weighted by Crippen LogP contribution is 2.30. The van der Waals surface area contributed by atoms with Gasteiger partial charge in [-0.25, -0.2) is 0 Å². The van der Waals surface area contributed by atoms with Gasteiger partial charge in [0.25, 0.3) is 0 Å². The third kappa shape index (κ3) is 3.46. The van der Waals surface area contributed by atoms with Crippen LogP contribution in [0.15, 0.2) is 24.3 Å². The lowest BCUT2D eigenvalue weighted by molar-refractivity contribution is -0.121. The van der Waals surface area contributed by atoms with E-state index in [2.05, 4.69) is 27.0 Å². The van der Waals surface area contributed by atoms with Crippen LogP contribution in [0.4, 0.5) is 5.69 Å². The second-order valence-corrected chi connectivity index (χ2v) is 7.58. The molecule has 1 aromatic carbocycles. The third-order valence-electron chi connectivity index (χ3n) is 5.63. The predicted octanol–water partition coefficient (Wildman–Crippen LogP) is 4.05. The topological polar surface area (TPSA) is 59.8 Å². The smallest absolute Gasteiger partial charge is 0.227 e. The number of fused-ring (bicyclic) bond motifs is 1. The van der Waals surface area contributed by atoms with Gasteiger partial charge in [0.1, 0.15) is 5.82 Å². The first kappa shape index (κ1) is 16.3. The van der Waals surface area contributed by atoms with E-state index in [1.54, 1.807) is 0 Å². The highest BCUT2D eigenvalue weighted by molar-refractivity contribution is 5.93. The molecule has 0 radical (unpaired) electrons. The first-order chi connectivity index (χ1) is 12.2. The Kier molecular flexibility index (Phi) is 4.55. The summed E-state index contributed by atoms with van der Waals surface area (Å²) in [5.41, 5.74) is 1.88. The molecule has 1 aliphatic carbocycles. The van der Waals surface area contributed by atoms with Gasteiger partial charge in [-0.3, -0.25) is 4.79 Å². The zero-order valence-corrected chi connectivity index (χ0v) is 14.9. The van der Waals surface area contributed by atoms with E-state index in [4.69, 9.17) is 0 Å². The summed E-state index contributed by atoms with van der Waals surface area (Å²) in [4.78, 5) is 12.6. The Bertz CT molecular complexity index is 759. The molecule has 0 bridgehead atoms. The number of carbonyl (C=O) groups excluding carboxylic acids is 1. The Balaban J connectivity index is 1.50. The summed E-state index contributed by atoms with van der Waals surface area (Å²) in [5, 5.41) is 11.8. The Morgan fingerprint density at radius 2 is 2.00 bits per heavy atom. The van der Waals surface area contributed by atoms with E-state index in [-0.39, 0.29) is 11.8 Å². The van der Waals surface area contributed by atoms with Gasteiger partial charge in [-0.15, -0.1) is 10.2 Å². The minimum Gasteiger partial charge on any atom is -0.326 e. The van der Waals surface area contributed by atoms with Crippen LogP contribution in [0.1, 0.15) is 51.3 Å². The lowest BCUT2D eigenvalue weighted by Gasteiger charge is -2.25. The number of carbonyl (C=O) groups is 1. The second-order valence-electron chi connectivity index (χ2n) is 7.58. The first-order valence-electron chi connectivity index (χ1n) is 9.54. The minimum absolute atomic E-state index is 0.153. The Morgan fingerprint density at radius 1 is 1.16 bits per heavy atom. The molecular weight excluding hydrogens is 312 g/mol. The molecule has 0 atom stereocenters. The molecule has 1 fully saturated rings. The zero-order chi connectivity index (χ0) is 17.2. The standard InChI is InChI=1S/C20H26N4O/c1-14-8-10-15(11-9-14)20(25)21-17-6-4-5-16(13-17)19-23-22-18-7-2-3-12-24(18)19/h4-6,13-15H,2-3,7-12H2,1H3,(H,21,25). The molecule has 1 aromatic heterocycles. The number of benzene rings is 1. The number of aryl methyl sites for hydroxylation is 1. The summed E-state index contributed by atoms with van der Waals surface area (Å²) < 4.78 is 2.22. The van der Waals surface area contributed by atoms with Gasteiger partial charge in [0, 0.05) is 30.1 Å². The number of aromatic nitrogens is 3. The molecule has 4 rings (SSSR count). The molecule has 1 aliphatic heterocycles. The molecule has 25 heavy (non-hydrogen) atoms. The number of hydrogen-bond donors (Lipinski definition) is 1. The van der Waals surface area contributed by atoms with Crippen molar-refractivity contribution in [2.45, 2.75) is 58.4 Å². The SMILES string of the molecule is CC1CCC(C(=O)Nc2cccc(-c3nnc4n3CCCC4)c2)CC1. The maximum Gasteiger partial charge on any atom is 0.227 e. The molecule has 5 nitrogen and oxygen atoms in total. The number of nitrogens with one attached hydrogen (secondary N) is 1. The van der Waals surface area contributed by atoms with E-state index in [0.717, 1.165) is 67.5 Å². The van der Waals surface area contributed by atoms with E-state index in [9.17, 15) is 4.79 Å². The van der Waals surface area contributed by atoms with Gasteiger partial charge < -0.3 is 9.88 Å². The van der Waals surface area contributed by atoms with Crippen molar-refractivity contribution in [1.82, 2.24) is 14.8 Å². The van der Waals surface area contributed by atoms with Crippen molar-refractivity contribution in [3.63, 3.8) is 0 Å². The molecule has 5 heteroatoms. The quantitative estimate of drug-likeness (QED) is 0.918. The largest absolute Gasteiger partial charge is 0.326 e. The van der Waals surface area contributed by atoms with Crippen molar-refractivity contribution >= 4 is 11.6 Å². The monoisotopic (exact) mass is 338 g/mol. The van der Waals surface area contributed by atoms with Gasteiger partial charge in [-0.05, 0) is 56.6 Å². The molecule has 2 heterocycles. The molecule has 0 saturated heterocycles. The average molecular weight is 338 g/mol. The highest BCUT2D eigenvalue weighted by atomic mass is 16.1. The Labute approximate surface area is 148 Å².